The molecule has 0 spiro atoms. The summed E-state index contributed by atoms with van der Waals surface area (Å²) >= 11 is 9.25. The summed E-state index contributed by atoms with van der Waals surface area (Å²) < 4.78 is 0.818. The lowest BCUT2D eigenvalue weighted by molar-refractivity contribution is 0.0938. The third kappa shape index (κ3) is 3.44. The SMILES string of the molecule is CN1CCC(NC(=O)c2cc(Cl)cc(Br)c2)C1. The molecule has 2 rings (SSSR count). The van der Waals surface area contributed by atoms with Crippen molar-refractivity contribution in [1.29, 1.82) is 0 Å². The topological polar surface area (TPSA) is 32.3 Å². The van der Waals surface area contributed by atoms with Gasteiger partial charge in [-0.1, -0.05) is 27.5 Å². The molecule has 5 heteroatoms. The molecule has 92 valence electrons. The second kappa shape index (κ2) is 5.38. The number of halogens is 2. The second-order valence-electron chi connectivity index (χ2n) is 4.38. The fourth-order valence-corrected chi connectivity index (χ4v) is 2.87. The van der Waals surface area contributed by atoms with Gasteiger partial charge in [0.2, 0.25) is 0 Å². The molecule has 1 fully saturated rings. The smallest absolute Gasteiger partial charge is 0.251 e. The molecule has 1 N–H and O–H groups in total. The molecule has 0 aromatic heterocycles. The van der Waals surface area contributed by atoms with Gasteiger partial charge in [0.05, 0.1) is 0 Å². The highest BCUT2D eigenvalue weighted by molar-refractivity contribution is 9.10. The van der Waals surface area contributed by atoms with Gasteiger partial charge in [0, 0.05) is 27.6 Å². The van der Waals surface area contributed by atoms with Gasteiger partial charge >= 0.3 is 0 Å². The molecule has 1 aromatic carbocycles. The lowest BCUT2D eigenvalue weighted by Crippen LogP contribution is -2.36. The Balaban J connectivity index is 2.04. The van der Waals surface area contributed by atoms with E-state index in [1.54, 1.807) is 18.2 Å². The predicted molar refractivity (Wildman–Crippen MR) is 72.5 cm³/mol. The number of rotatable bonds is 2. The van der Waals surface area contributed by atoms with Crippen LogP contribution in [0.1, 0.15) is 16.8 Å². The van der Waals surface area contributed by atoms with Gasteiger partial charge < -0.3 is 10.2 Å². The highest BCUT2D eigenvalue weighted by atomic mass is 79.9. The van der Waals surface area contributed by atoms with Crippen LogP contribution in [0.4, 0.5) is 0 Å². The van der Waals surface area contributed by atoms with Gasteiger partial charge in [-0.2, -0.15) is 0 Å². The maximum absolute atomic E-state index is 12.0. The van der Waals surface area contributed by atoms with E-state index in [2.05, 4.69) is 33.2 Å². The van der Waals surface area contributed by atoms with Crippen LogP contribution in [-0.4, -0.2) is 37.0 Å². The maximum Gasteiger partial charge on any atom is 0.251 e. The minimum Gasteiger partial charge on any atom is -0.348 e. The lowest BCUT2D eigenvalue weighted by Gasteiger charge is -2.13. The number of likely N-dealkylation sites (tertiary alicyclic amines) is 1. The van der Waals surface area contributed by atoms with Gasteiger partial charge in [-0.15, -0.1) is 0 Å². The predicted octanol–water partition coefficient (Wildman–Crippen LogP) is 2.54. The van der Waals surface area contributed by atoms with E-state index in [0.717, 1.165) is 24.0 Å². The Kier molecular flexibility index (Phi) is 4.07. The Hall–Kier alpha value is -0.580. The van der Waals surface area contributed by atoms with E-state index in [4.69, 9.17) is 11.6 Å². The van der Waals surface area contributed by atoms with Crippen LogP contribution in [0.5, 0.6) is 0 Å². The fourth-order valence-electron chi connectivity index (χ4n) is 2.01. The Labute approximate surface area is 114 Å². The number of nitrogens with zero attached hydrogens (tertiary/aromatic N) is 1. The second-order valence-corrected chi connectivity index (χ2v) is 5.73. The number of nitrogens with one attached hydrogen (secondary N) is 1. The zero-order valence-electron chi connectivity index (χ0n) is 9.54. The summed E-state index contributed by atoms with van der Waals surface area (Å²) in [5.41, 5.74) is 0.596. The van der Waals surface area contributed by atoms with E-state index in [-0.39, 0.29) is 11.9 Å². The number of amides is 1. The minimum atomic E-state index is -0.0616. The molecular formula is C12H14BrClN2O. The summed E-state index contributed by atoms with van der Waals surface area (Å²) in [6, 6.07) is 5.47. The van der Waals surface area contributed by atoms with Gasteiger partial charge in [-0.05, 0) is 38.2 Å². The Morgan fingerprint density at radius 1 is 1.53 bits per heavy atom. The number of carbonyl (C=O) groups is 1. The Bertz CT molecular complexity index is 418. The average molecular weight is 318 g/mol. The van der Waals surface area contributed by atoms with Gasteiger partial charge in [-0.25, -0.2) is 0 Å². The van der Waals surface area contributed by atoms with E-state index < -0.39 is 0 Å². The van der Waals surface area contributed by atoms with Crippen LogP contribution < -0.4 is 5.32 Å². The summed E-state index contributed by atoms with van der Waals surface area (Å²) in [6.07, 6.45) is 1.00. The third-order valence-corrected chi connectivity index (χ3v) is 3.53. The molecule has 0 bridgehead atoms. The summed E-state index contributed by atoms with van der Waals surface area (Å²) in [7, 11) is 2.06. The zero-order chi connectivity index (χ0) is 12.4. The fraction of sp³-hybridized carbons (Fsp3) is 0.417. The van der Waals surface area contributed by atoms with E-state index in [0.29, 0.717) is 10.6 Å². The normalized spacial score (nSPS) is 20.5. The molecule has 1 amide bonds. The highest BCUT2D eigenvalue weighted by Gasteiger charge is 2.21. The van der Waals surface area contributed by atoms with Crippen molar-refractivity contribution >= 4 is 33.4 Å². The lowest BCUT2D eigenvalue weighted by atomic mass is 10.2. The summed E-state index contributed by atoms with van der Waals surface area (Å²) in [4.78, 5) is 14.2. The number of carbonyl (C=O) groups excluding carboxylic acids is 1. The van der Waals surface area contributed by atoms with Gasteiger partial charge in [0.25, 0.3) is 5.91 Å². The van der Waals surface area contributed by atoms with Crippen LogP contribution in [0.15, 0.2) is 22.7 Å². The van der Waals surface area contributed by atoms with Crippen molar-refractivity contribution in [1.82, 2.24) is 10.2 Å². The molecule has 1 unspecified atom stereocenters. The first-order valence-electron chi connectivity index (χ1n) is 5.50. The molecule has 0 saturated carbocycles. The van der Waals surface area contributed by atoms with Crippen molar-refractivity contribution in [3.05, 3.63) is 33.3 Å². The van der Waals surface area contributed by atoms with Crippen molar-refractivity contribution in [3.63, 3.8) is 0 Å². The standard InChI is InChI=1S/C12H14BrClN2O/c1-16-3-2-11(7-16)15-12(17)8-4-9(13)6-10(14)5-8/h4-6,11H,2-3,7H2,1H3,(H,15,17). The highest BCUT2D eigenvalue weighted by Crippen LogP contribution is 2.20. The molecule has 1 saturated heterocycles. The van der Waals surface area contributed by atoms with Crippen LogP contribution in [0.2, 0.25) is 5.02 Å². The van der Waals surface area contributed by atoms with Crippen molar-refractivity contribution in [2.45, 2.75) is 12.5 Å². The molecule has 1 heterocycles. The molecule has 17 heavy (non-hydrogen) atoms. The minimum absolute atomic E-state index is 0.0616. The number of hydrogen-bond acceptors (Lipinski definition) is 2. The zero-order valence-corrected chi connectivity index (χ0v) is 11.9. The van der Waals surface area contributed by atoms with Gasteiger partial charge in [0.15, 0.2) is 0 Å². The molecule has 0 aliphatic carbocycles. The van der Waals surface area contributed by atoms with Crippen LogP contribution >= 0.6 is 27.5 Å². The third-order valence-electron chi connectivity index (χ3n) is 2.85. The summed E-state index contributed by atoms with van der Waals surface area (Å²) in [6.45, 7) is 1.94. The average Bonchev–Trinajstić information content (AvgIpc) is 2.62. The Morgan fingerprint density at radius 3 is 2.88 bits per heavy atom. The first kappa shape index (κ1) is 12.9. The Morgan fingerprint density at radius 2 is 2.29 bits per heavy atom. The van der Waals surface area contributed by atoms with Crippen LogP contribution in [0.3, 0.4) is 0 Å². The number of likely N-dealkylation sites (N-methyl/N-ethyl adjacent to an activating group) is 1. The van der Waals surface area contributed by atoms with E-state index in [1.165, 1.54) is 0 Å². The quantitative estimate of drug-likeness (QED) is 0.909. The van der Waals surface area contributed by atoms with Crippen LogP contribution in [-0.2, 0) is 0 Å². The maximum atomic E-state index is 12.0. The van der Waals surface area contributed by atoms with Crippen molar-refractivity contribution in [2.24, 2.45) is 0 Å². The van der Waals surface area contributed by atoms with E-state index in [9.17, 15) is 4.79 Å². The molecule has 1 aliphatic rings. The molecule has 3 nitrogen and oxygen atoms in total. The number of benzene rings is 1. The van der Waals surface area contributed by atoms with Crippen molar-refractivity contribution < 1.29 is 4.79 Å². The first-order chi connectivity index (χ1) is 8.04. The number of hydrogen-bond donors (Lipinski definition) is 1. The molecule has 0 radical (unpaired) electrons. The molecular weight excluding hydrogens is 304 g/mol. The summed E-state index contributed by atoms with van der Waals surface area (Å²) in [5, 5.41) is 3.58. The van der Waals surface area contributed by atoms with Crippen LogP contribution in [0.25, 0.3) is 0 Å². The van der Waals surface area contributed by atoms with Gasteiger partial charge in [0.1, 0.15) is 0 Å². The van der Waals surface area contributed by atoms with Gasteiger partial charge in [-0.3, -0.25) is 4.79 Å². The molecule has 1 aliphatic heterocycles. The van der Waals surface area contributed by atoms with Crippen molar-refractivity contribution in [3.8, 4) is 0 Å². The molecule has 1 atom stereocenters. The molecule has 1 aromatic rings. The van der Waals surface area contributed by atoms with Crippen molar-refractivity contribution in [2.75, 3.05) is 20.1 Å². The van der Waals surface area contributed by atoms with E-state index in [1.807, 2.05) is 0 Å². The largest absolute Gasteiger partial charge is 0.348 e. The van der Waals surface area contributed by atoms with Crippen LogP contribution in [0, 0.1) is 0 Å². The van der Waals surface area contributed by atoms with E-state index >= 15 is 0 Å². The first-order valence-corrected chi connectivity index (χ1v) is 6.67. The summed E-state index contributed by atoms with van der Waals surface area (Å²) in [5.74, 6) is -0.0616. The monoisotopic (exact) mass is 316 g/mol.